The Morgan fingerprint density at radius 2 is 1.95 bits per heavy atom. The molecule has 1 aromatic carbocycles. The third-order valence-corrected chi connectivity index (χ3v) is 4.61. The number of hydrogen-bond donors (Lipinski definition) is 0. The van der Waals surface area contributed by atoms with Crippen molar-refractivity contribution < 1.29 is 0 Å². The molecule has 0 aliphatic heterocycles. The van der Waals surface area contributed by atoms with E-state index in [-0.39, 0.29) is 0 Å². The summed E-state index contributed by atoms with van der Waals surface area (Å²) in [4.78, 5) is 9.24. The van der Waals surface area contributed by atoms with Crippen LogP contribution in [0, 0.1) is 13.8 Å². The summed E-state index contributed by atoms with van der Waals surface area (Å²) in [5.74, 6) is 0. The minimum Gasteiger partial charge on any atom is -0.253 e. The first kappa shape index (κ1) is 13.5. The Balaban J connectivity index is 2.04. The summed E-state index contributed by atoms with van der Waals surface area (Å²) in [6, 6.07) is 10.3. The van der Waals surface area contributed by atoms with Crippen molar-refractivity contribution in [1.29, 1.82) is 0 Å². The fourth-order valence-corrected chi connectivity index (χ4v) is 3.48. The van der Waals surface area contributed by atoms with Gasteiger partial charge in [0.1, 0.15) is 10.7 Å². The first-order valence-electron chi connectivity index (χ1n) is 6.29. The van der Waals surface area contributed by atoms with Crippen molar-refractivity contribution in [2.75, 3.05) is 0 Å². The zero-order valence-corrected chi connectivity index (χ0v) is 13.6. The summed E-state index contributed by atoms with van der Waals surface area (Å²) in [5, 5.41) is 3.05. The molecule has 20 heavy (non-hydrogen) atoms. The van der Waals surface area contributed by atoms with Gasteiger partial charge in [0.15, 0.2) is 0 Å². The molecule has 0 aliphatic carbocycles. The molecule has 3 rings (SSSR count). The molecule has 0 aliphatic rings. The van der Waals surface area contributed by atoms with Gasteiger partial charge >= 0.3 is 0 Å². The van der Waals surface area contributed by atoms with E-state index in [0.717, 1.165) is 32.0 Å². The number of aryl methyl sites for hydroxylation is 2. The topological polar surface area (TPSA) is 25.8 Å². The van der Waals surface area contributed by atoms with Crippen molar-refractivity contribution in [1.82, 2.24) is 9.97 Å². The number of benzene rings is 1. The molecule has 100 valence electrons. The van der Waals surface area contributed by atoms with Gasteiger partial charge in [-0.1, -0.05) is 40.2 Å². The molecule has 2 heterocycles. The average Bonchev–Trinajstić information content (AvgIpc) is 2.88. The van der Waals surface area contributed by atoms with E-state index in [1.807, 2.05) is 24.4 Å². The number of thiazole rings is 1. The zero-order valence-electron chi connectivity index (χ0n) is 11.2. The summed E-state index contributed by atoms with van der Waals surface area (Å²) >= 11 is 5.20. The van der Waals surface area contributed by atoms with Crippen LogP contribution in [0.3, 0.4) is 0 Å². The highest BCUT2D eigenvalue weighted by Gasteiger charge is 2.11. The highest BCUT2D eigenvalue weighted by molar-refractivity contribution is 9.10. The molecule has 0 bridgehead atoms. The van der Waals surface area contributed by atoms with Crippen molar-refractivity contribution >= 4 is 27.3 Å². The maximum atomic E-state index is 4.73. The van der Waals surface area contributed by atoms with Gasteiger partial charge < -0.3 is 0 Å². The molecule has 0 radical (unpaired) electrons. The van der Waals surface area contributed by atoms with Crippen molar-refractivity contribution in [3.63, 3.8) is 0 Å². The highest BCUT2D eigenvalue weighted by atomic mass is 79.9. The van der Waals surface area contributed by atoms with E-state index < -0.39 is 0 Å². The lowest BCUT2D eigenvalue weighted by Crippen LogP contribution is -1.89. The van der Waals surface area contributed by atoms with E-state index in [0.29, 0.717) is 0 Å². The van der Waals surface area contributed by atoms with Crippen LogP contribution in [0.15, 0.2) is 46.4 Å². The molecule has 2 aromatic heterocycles. The minimum atomic E-state index is 0.966. The molecule has 0 unspecified atom stereocenters. The van der Waals surface area contributed by atoms with Gasteiger partial charge in [0.2, 0.25) is 0 Å². The van der Waals surface area contributed by atoms with Gasteiger partial charge in [-0.2, -0.15) is 0 Å². The van der Waals surface area contributed by atoms with Gasteiger partial charge in [-0.15, -0.1) is 11.3 Å². The second-order valence-corrected chi connectivity index (χ2v) is 6.41. The number of pyridine rings is 1. The molecule has 0 saturated carbocycles. The van der Waals surface area contributed by atoms with Crippen molar-refractivity contribution in [3.05, 3.63) is 57.5 Å². The predicted octanol–water partition coefficient (Wildman–Crippen LogP) is 5.25. The van der Waals surface area contributed by atoms with Crippen LogP contribution in [-0.4, -0.2) is 9.97 Å². The Morgan fingerprint density at radius 1 is 1.15 bits per heavy atom. The molecule has 0 N–H and O–H groups in total. The van der Waals surface area contributed by atoms with E-state index in [2.05, 4.69) is 52.3 Å². The lowest BCUT2D eigenvalue weighted by molar-refractivity contribution is 1.21. The van der Waals surface area contributed by atoms with Gasteiger partial charge in [0.25, 0.3) is 0 Å². The largest absolute Gasteiger partial charge is 0.253 e. The van der Waals surface area contributed by atoms with Crippen LogP contribution in [-0.2, 0) is 0 Å². The number of nitrogens with zero attached hydrogens (tertiary/aromatic N) is 2. The predicted molar refractivity (Wildman–Crippen MR) is 88.0 cm³/mol. The Kier molecular flexibility index (Phi) is 3.68. The van der Waals surface area contributed by atoms with Crippen LogP contribution in [0.2, 0.25) is 0 Å². The second-order valence-electron chi connectivity index (χ2n) is 4.70. The fourth-order valence-electron chi connectivity index (χ4n) is 2.11. The van der Waals surface area contributed by atoms with E-state index >= 15 is 0 Å². The van der Waals surface area contributed by atoms with Crippen LogP contribution in [0.1, 0.15) is 11.1 Å². The average molecular weight is 345 g/mol. The van der Waals surface area contributed by atoms with E-state index in [9.17, 15) is 0 Å². The number of hydrogen-bond acceptors (Lipinski definition) is 3. The van der Waals surface area contributed by atoms with E-state index in [1.165, 1.54) is 5.56 Å². The smallest absolute Gasteiger partial charge is 0.142 e. The van der Waals surface area contributed by atoms with Crippen LogP contribution in [0.25, 0.3) is 22.0 Å². The van der Waals surface area contributed by atoms with Gasteiger partial charge in [-0.25, -0.2) is 4.98 Å². The lowest BCUT2D eigenvalue weighted by Gasteiger charge is -2.02. The third kappa shape index (κ3) is 2.53. The molecule has 0 fully saturated rings. The van der Waals surface area contributed by atoms with Crippen LogP contribution >= 0.6 is 27.3 Å². The first-order chi connectivity index (χ1) is 9.65. The monoisotopic (exact) mass is 344 g/mol. The van der Waals surface area contributed by atoms with Crippen LogP contribution in [0.4, 0.5) is 0 Å². The zero-order chi connectivity index (χ0) is 14.1. The standard InChI is InChI=1S/C16H13BrN2S/c1-10-7-11(2)15(18-8-10)16-19-14(9-20-16)12-5-3-4-6-13(12)17/h3-9H,1-2H3. The molecule has 0 saturated heterocycles. The maximum Gasteiger partial charge on any atom is 0.142 e. The maximum absolute atomic E-state index is 4.73. The number of aromatic nitrogens is 2. The molecule has 2 nitrogen and oxygen atoms in total. The summed E-state index contributed by atoms with van der Waals surface area (Å²) in [7, 11) is 0. The fraction of sp³-hybridized carbons (Fsp3) is 0.125. The van der Waals surface area contributed by atoms with Crippen molar-refractivity contribution in [2.45, 2.75) is 13.8 Å². The van der Waals surface area contributed by atoms with Gasteiger partial charge in [0, 0.05) is 21.6 Å². The highest BCUT2D eigenvalue weighted by Crippen LogP contribution is 2.32. The first-order valence-corrected chi connectivity index (χ1v) is 7.96. The summed E-state index contributed by atoms with van der Waals surface area (Å²) in [5.41, 5.74) is 5.41. The molecular weight excluding hydrogens is 332 g/mol. The molecule has 3 aromatic rings. The van der Waals surface area contributed by atoms with Crippen LogP contribution in [0.5, 0.6) is 0 Å². The minimum absolute atomic E-state index is 0.966. The molecule has 0 spiro atoms. The third-order valence-electron chi connectivity index (χ3n) is 3.07. The lowest BCUT2D eigenvalue weighted by atomic mass is 10.1. The van der Waals surface area contributed by atoms with E-state index in [1.54, 1.807) is 11.3 Å². The summed E-state index contributed by atoms with van der Waals surface area (Å²) < 4.78 is 1.06. The SMILES string of the molecule is Cc1cnc(-c2nc(-c3ccccc3Br)cs2)c(C)c1. The molecule has 4 heteroatoms. The molecular formula is C16H13BrN2S. The molecule has 0 atom stereocenters. The van der Waals surface area contributed by atoms with Crippen molar-refractivity contribution in [3.8, 4) is 22.0 Å². The summed E-state index contributed by atoms with van der Waals surface area (Å²) in [6.07, 6.45) is 1.89. The quantitative estimate of drug-likeness (QED) is 0.634. The molecule has 0 amide bonds. The Morgan fingerprint density at radius 3 is 2.70 bits per heavy atom. The van der Waals surface area contributed by atoms with Gasteiger partial charge in [0.05, 0.1) is 5.69 Å². The Bertz CT molecular complexity index is 765. The van der Waals surface area contributed by atoms with Crippen LogP contribution < -0.4 is 0 Å². The Hall–Kier alpha value is -1.52. The van der Waals surface area contributed by atoms with Crippen molar-refractivity contribution in [2.24, 2.45) is 0 Å². The normalized spacial score (nSPS) is 10.8. The Labute approximate surface area is 130 Å². The summed E-state index contributed by atoms with van der Waals surface area (Å²) in [6.45, 7) is 4.13. The number of halogens is 1. The number of rotatable bonds is 2. The van der Waals surface area contributed by atoms with Gasteiger partial charge in [-0.05, 0) is 31.0 Å². The second kappa shape index (κ2) is 5.46. The van der Waals surface area contributed by atoms with Gasteiger partial charge in [-0.3, -0.25) is 4.98 Å². The van der Waals surface area contributed by atoms with E-state index in [4.69, 9.17) is 4.98 Å².